The summed E-state index contributed by atoms with van der Waals surface area (Å²) >= 11 is -2.04. The second-order valence-corrected chi connectivity index (χ2v) is 5.56. The molecule has 0 aliphatic heterocycles. The van der Waals surface area contributed by atoms with Gasteiger partial charge in [-0.15, -0.1) is 0 Å². The van der Waals surface area contributed by atoms with Gasteiger partial charge in [-0.05, 0) is 0 Å². The summed E-state index contributed by atoms with van der Waals surface area (Å²) in [5.41, 5.74) is 0. The normalized spacial score (nSPS) is 11.9. The molecule has 0 rings (SSSR count). The Kier molecular flexibility index (Phi) is 7.66. The Hall–Kier alpha value is 0.0143. The third kappa shape index (κ3) is 4.14. The van der Waals surface area contributed by atoms with E-state index in [2.05, 4.69) is 4.99 Å². The molecule has 0 saturated heterocycles. The molecule has 0 spiro atoms. The zero-order valence-electron chi connectivity index (χ0n) is 7.66. The molecule has 0 aliphatic carbocycles. The van der Waals surface area contributed by atoms with Crippen LogP contribution in [0.5, 0.6) is 0 Å². The SMILES string of the molecule is CCC[CH](N=C=O)[Ti]([O]C)[O]C. The van der Waals surface area contributed by atoms with Gasteiger partial charge in [0.25, 0.3) is 0 Å². The molecule has 12 heavy (non-hydrogen) atoms. The van der Waals surface area contributed by atoms with E-state index in [9.17, 15) is 4.79 Å². The number of rotatable bonds is 6. The van der Waals surface area contributed by atoms with Gasteiger partial charge in [0.1, 0.15) is 0 Å². The number of aliphatic imine (C=N–C) groups is 1. The van der Waals surface area contributed by atoms with E-state index < -0.39 is 18.6 Å². The number of hydrogen-bond acceptors (Lipinski definition) is 4. The molecule has 0 heterocycles. The molecular formula is C7H14NO3Ti. The number of hydrogen-bond donors (Lipinski definition) is 0. The molecule has 5 heteroatoms. The summed E-state index contributed by atoms with van der Waals surface area (Å²) in [5, 5.41) is 0. The van der Waals surface area contributed by atoms with Crippen LogP contribution in [-0.4, -0.2) is 24.6 Å². The Morgan fingerprint density at radius 1 is 1.50 bits per heavy atom. The Labute approximate surface area is 79.7 Å². The maximum atomic E-state index is 10.1. The monoisotopic (exact) mass is 208 g/mol. The van der Waals surface area contributed by atoms with Gasteiger partial charge in [0.05, 0.1) is 0 Å². The van der Waals surface area contributed by atoms with E-state index in [4.69, 9.17) is 6.64 Å². The van der Waals surface area contributed by atoms with Crippen molar-refractivity contribution in [2.24, 2.45) is 4.99 Å². The second-order valence-electron chi connectivity index (χ2n) is 2.25. The fraction of sp³-hybridized carbons (Fsp3) is 0.857. The van der Waals surface area contributed by atoms with E-state index in [0.29, 0.717) is 0 Å². The van der Waals surface area contributed by atoms with Gasteiger partial charge in [0.2, 0.25) is 0 Å². The maximum absolute atomic E-state index is 10.1. The topological polar surface area (TPSA) is 47.9 Å². The van der Waals surface area contributed by atoms with E-state index in [1.165, 1.54) is 0 Å². The third-order valence-electron chi connectivity index (χ3n) is 1.45. The first-order valence-corrected chi connectivity index (χ1v) is 5.99. The van der Waals surface area contributed by atoms with Gasteiger partial charge in [-0.1, -0.05) is 0 Å². The zero-order valence-corrected chi connectivity index (χ0v) is 9.23. The van der Waals surface area contributed by atoms with E-state index in [0.717, 1.165) is 12.8 Å². The minimum absolute atomic E-state index is 0.0671. The van der Waals surface area contributed by atoms with Crippen LogP contribution in [0.15, 0.2) is 4.99 Å². The fourth-order valence-electron chi connectivity index (χ4n) is 0.928. The molecule has 4 nitrogen and oxygen atoms in total. The van der Waals surface area contributed by atoms with Gasteiger partial charge in [-0.2, -0.15) is 0 Å². The van der Waals surface area contributed by atoms with Crippen molar-refractivity contribution in [2.75, 3.05) is 14.2 Å². The Balaban J connectivity index is 4.14. The van der Waals surface area contributed by atoms with Crippen LogP contribution < -0.4 is 0 Å². The molecule has 0 radical (unpaired) electrons. The van der Waals surface area contributed by atoms with E-state index in [1.807, 2.05) is 6.92 Å². The molecule has 1 unspecified atom stereocenters. The first-order chi connectivity index (χ1) is 5.79. The fourth-order valence-corrected chi connectivity index (χ4v) is 3.10. The molecular weight excluding hydrogens is 194 g/mol. The first-order valence-electron chi connectivity index (χ1n) is 3.81. The molecule has 0 aromatic carbocycles. The van der Waals surface area contributed by atoms with Gasteiger partial charge in [-0.3, -0.25) is 0 Å². The first kappa shape index (κ1) is 12.0. The van der Waals surface area contributed by atoms with Crippen molar-refractivity contribution in [3.05, 3.63) is 0 Å². The second kappa shape index (κ2) is 7.65. The van der Waals surface area contributed by atoms with Crippen molar-refractivity contribution in [2.45, 2.75) is 24.1 Å². The van der Waals surface area contributed by atoms with Crippen molar-refractivity contribution in [1.29, 1.82) is 0 Å². The van der Waals surface area contributed by atoms with E-state index in [1.54, 1.807) is 20.3 Å². The molecule has 69 valence electrons. The summed E-state index contributed by atoms with van der Waals surface area (Å²) in [6.07, 6.45) is 3.37. The van der Waals surface area contributed by atoms with Crippen molar-refractivity contribution < 1.29 is 30.1 Å². The van der Waals surface area contributed by atoms with Gasteiger partial charge in [0, 0.05) is 0 Å². The molecule has 0 aromatic rings. The average molecular weight is 208 g/mol. The van der Waals surface area contributed by atoms with Crippen molar-refractivity contribution >= 4 is 6.08 Å². The van der Waals surface area contributed by atoms with Crippen molar-refractivity contribution in [1.82, 2.24) is 0 Å². The van der Waals surface area contributed by atoms with Crippen LogP contribution in [0, 0.1) is 0 Å². The summed E-state index contributed by atoms with van der Waals surface area (Å²) < 4.78 is 10.2. The van der Waals surface area contributed by atoms with Crippen molar-refractivity contribution in [3.8, 4) is 0 Å². The Bertz CT molecular complexity index is 155. The summed E-state index contributed by atoms with van der Waals surface area (Å²) in [5.74, 6) is 0. The molecule has 0 bridgehead atoms. The third-order valence-corrected chi connectivity index (χ3v) is 4.20. The van der Waals surface area contributed by atoms with Crippen LogP contribution in [0.3, 0.4) is 0 Å². The van der Waals surface area contributed by atoms with E-state index >= 15 is 0 Å². The van der Waals surface area contributed by atoms with Gasteiger partial charge < -0.3 is 0 Å². The van der Waals surface area contributed by atoms with Crippen LogP contribution in [0.25, 0.3) is 0 Å². The summed E-state index contributed by atoms with van der Waals surface area (Å²) in [6, 6.07) is 0. The molecule has 0 aromatic heterocycles. The summed E-state index contributed by atoms with van der Waals surface area (Å²) in [7, 11) is 3.20. The number of nitrogens with zero attached hydrogens (tertiary/aromatic N) is 1. The Morgan fingerprint density at radius 2 is 2.08 bits per heavy atom. The summed E-state index contributed by atoms with van der Waals surface area (Å²) in [6.45, 7) is 2.04. The Morgan fingerprint density at radius 3 is 2.42 bits per heavy atom. The van der Waals surface area contributed by atoms with Gasteiger partial charge in [0.15, 0.2) is 0 Å². The molecule has 0 amide bonds. The summed E-state index contributed by atoms with van der Waals surface area (Å²) in [4.78, 5) is 13.7. The van der Waals surface area contributed by atoms with Crippen molar-refractivity contribution in [3.63, 3.8) is 0 Å². The van der Waals surface area contributed by atoms with Crippen LogP contribution in [0.4, 0.5) is 0 Å². The minimum atomic E-state index is -2.04. The molecule has 0 N–H and O–H groups in total. The predicted molar refractivity (Wildman–Crippen MR) is 40.8 cm³/mol. The zero-order chi connectivity index (χ0) is 9.40. The van der Waals surface area contributed by atoms with Crippen LogP contribution in [0.1, 0.15) is 19.8 Å². The number of isocyanates is 1. The average Bonchev–Trinajstić information content (AvgIpc) is 2.07. The standard InChI is InChI=1S/C5H8NO.2CH3O.Ti/c1-2-3-4-6-5-7;2*1-2;/h4H,2-3H2,1H3;2*1H3;/q;2*-1;+2. The quantitative estimate of drug-likeness (QED) is 0.374. The van der Waals surface area contributed by atoms with Gasteiger partial charge in [-0.25, -0.2) is 0 Å². The number of carbonyl (C=O) groups excluding carboxylic acids is 1. The molecule has 1 atom stereocenters. The molecule has 0 fully saturated rings. The van der Waals surface area contributed by atoms with E-state index in [-0.39, 0.29) is 4.35 Å². The molecule has 0 aliphatic rings. The van der Waals surface area contributed by atoms with Crippen LogP contribution in [0.2, 0.25) is 0 Å². The van der Waals surface area contributed by atoms with Crippen LogP contribution in [-0.2, 0) is 30.1 Å². The van der Waals surface area contributed by atoms with Crippen LogP contribution >= 0.6 is 0 Å². The predicted octanol–water partition coefficient (Wildman–Crippen LogP) is 1.19. The van der Waals surface area contributed by atoms with Gasteiger partial charge >= 0.3 is 79.5 Å². The molecule has 0 saturated carbocycles.